The summed E-state index contributed by atoms with van der Waals surface area (Å²) in [6.45, 7) is 4.97. The molecule has 0 unspecified atom stereocenters. The summed E-state index contributed by atoms with van der Waals surface area (Å²) in [5.41, 5.74) is 2.77. The normalized spacial score (nSPS) is 15.3. The first-order valence-electron chi connectivity index (χ1n) is 8.67. The Bertz CT molecular complexity index is 453. The molecule has 0 atom stereocenters. The largest absolute Gasteiger partial charge is 0.343 e. The summed E-state index contributed by atoms with van der Waals surface area (Å²) >= 11 is 0. The van der Waals surface area contributed by atoms with Gasteiger partial charge in [0.25, 0.3) is 0 Å². The number of halogens is 1. The SMILES string of the molecule is CNCCCC(=O)N1CCC(CCc2ccc(C)cc2)CC1.Cl. The molecule has 1 aromatic carbocycles. The minimum Gasteiger partial charge on any atom is -0.343 e. The number of piperidine rings is 1. The molecule has 1 fully saturated rings. The molecule has 0 aliphatic carbocycles. The van der Waals surface area contributed by atoms with Crippen molar-refractivity contribution >= 4 is 18.3 Å². The second-order valence-corrected chi connectivity index (χ2v) is 6.56. The van der Waals surface area contributed by atoms with Crippen LogP contribution in [0.15, 0.2) is 24.3 Å². The van der Waals surface area contributed by atoms with Crippen LogP contribution in [0.25, 0.3) is 0 Å². The maximum absolute atomic E-state index is 12.1. The molecule has 1 N–H and O–H groups in total. The minimum absolute atomic E-state index is 0. The van der Waals surface area contributed by atoms with Gasteiger partial charge in [-0.2, -0.15) is 0 Å². The van der Waals surface area contributed by atoms with Gasteiger partial charge in [0.15, 0.2) is 0 Å². The maximum Gasteiger partial charge on any atom is 0.222 e. The van der Waals surface area contributed by atoms with E-state index in [-0.39, 0.29) is 12.4 Å². The molecule has 1 heterocycles. The average molecular weight is 339 g/mol. The molecular weight excluding hydrogens is 308 g/mol. The quantitative estimate of drug-likeness (QED) is 0.770. The topological polar surface area (TPSA) is 32.3 Å². The highest BCUT2D eigenvalue weighted by Crippen LogP contribution is 2.23. The number of nitrogens with one attached hydrogen (secondary N) is 1. The molecule has 130 valence electrons. The van der Waals surface area contributed by atoms with Crippen molar-refractivity contribution in [3.05, 3.63) is 35.4 Å². The molecular formula is C19H31ClN2O. The second-order valence-electron chi connectivity index (χ2n) is 6.56. The van der Waals surface area contributed by atoms with E-state index in [1.165, 1.54) is 36.8 Å². The van der Waals surface area contributed by atoms with Crippen molar-refractivity contribution in [1.82, 2.24) is 10.2 Å². The number of nitrogens with zero attached hydrogens (tertiary/aromatic N) is 1. The van der Waals surface area contributed by atoms with Crippen LogP contribution in [0.2, 0.25) is 0 Å². The molecule has 0 radical (unpaired) electrons. The highest BCUT2D eigenvalue weighted by Gasteiger charge is 2.22. The molecule has 2 rings (SSSR count). The Balaban J connectivity index is 0.00000264. The van der Waals surface area contributed by atoms with E-state index in [1.54, 1.807) is 0 Å². The highest BCUT2D eigenvalue weighted by molar-refractivity contribution is 5.85. The molecule has 1 aliphatic heterocycles. The van der Waals surface area contributed by atoms with Crippen molar-refractivity contribution in [2.24, 2.45) is 5.92 Å². The van der Waals surface area contributed by atoms with E-state index in [2.05, 4.69) is 41.4 Å². The second kappa shape index (κ2) is 10.7. The van der Waals surface area contributed by atoms with E-state index < -0.39 is 0 Å². The van der Waals surface area contributed by atoms with Gasteiger partial charge < -0.3 is 10.2 Å². The zero-order valence-electron chi connectivity index (χ0n) is 14.5. The van der Waals surface area contributed by atoms with Crippen LogP contribution in [0.1, 0.15) is 43.2 Å². The third-order valence-electron chi connectivity index (χ3n) is 4.75. The lowest BCUT2D eigenvalue weighted by Gasteiger charge is -2.32. The Morgan fingerprint density at radius 1 is 1.22 bits per heavy atom. The van der Waals surface area contributed by atoms with E-state index in [9.17, 15) is 4.79 Å². The molecule has 1 amide bonds. The number of hydrogen-bond acceptors (Lipinski definition) is 2. The Hall–Kier alpha value is -1.06. The van der Waals surface area contributed by atoms with E-state index in [1.807, 2.05) is 7.05 Å². The Morgan fingerprint density at radius 2 is 1.87 bits per heavy atom. The summed E-state index contributed by atoms with van der Waals surface area (Å²) in [7, 11) is 1.93. The Morgan fingerprint density at radius 3 is 2.48 bits per heavy atom. The van der Waals surface area contributed by atoms with Gasteiger partial charge in [0.05, 0.1) is 0 Å². The third kappa shape index (κ3) is 6.92. The van der Waals surface area contributed by atoms with Gasteiger partial charge in [0, 0.05) is 19.5 Å². The number of carbonyl (C=O) groups is 1. The molecule has 23 heavy (non-hydrogen) atoms. The van der Waals surface area contributed by atoms with Crippen molar-refractivity contribution in [2.45, 2.75) is 45.4 Å². The molecule has 1 aliphatic rings. The molecule has 1 aromatic rings. The number of benzene rings is 1. The van der Waals surface area contributed by atoms with Crippen molar-refractivity contribution in [1.29, 1.82) is 0 Å². The number of aryl methyl sites for hydroxylation is 2. The van der Waals surface area contributed by atoms with Gasteiger partial charge in [-0.1, -0.05) is 29.8 Å². The van der Waals surface area contributed by atoms with Gasteiger partial charge in [0.1, 0.15) is 0 Å². The van der Waals surface area contributed by atoms with E-state index in [0.29, 0.717) is 12.3 Å². The van der Waals surface area contributed by atoms with E-state index in [4.69, 9.17) is 0 Å². The number of likely N-dealkylation sites (tertiary alicyclic amines) is 1. The van der Waals surface area contributed by atoms with Crippen LogP contribution in [0.4, 0.5) is 0 Å². The number of carbonyl (C=O) groups excluding carboxylic acids is 1. The zero-order chi connectivity index (χ0) is 15.8. The lowest BCUT2D eigenvalue weighted by atomic mass is 9.90. The van der Waals surface area contributed by atoms with Crippen molar-refractivity contribution in [3.8, 4) is 0 Å². The van der Waals surface area contributed by atoms with Gasteiger partial charge in [-0.25, -0.2) is 0 Å². The first kappa shape index (κ1) is 20.0. The van der Waals surface area contributed by atoms with Crippen molar-refractivity contribution in [3.63, 3.8) is 0 Å². The molecule has 1 saturated heterocycles. The summed E-state index contributed by atoms with van der Waals surface area (Å²) in [6.07, 6.45) is 6.40. The molecule has 0 saturated carbocycles. The number of rotatable bonds is 7. The van der Waals surface area contributed by atoms with Crippen molar-refractivity contribution < 1.29 is 4.79 Å². The fourth-order valence-electron chi connectivity index (χ4n) is 3.17. The van der Waals surface area contributed by atoms with Crippen LogP contribution in [0, 0.1) is 12.8 Å². The zero-order valence-corrected chi connectivity index (χ0v) is 15.3. The maximum atomic E-state index is 12.1. The monoisotopic (exact) mass is 338 g/mol. The molecule has 0 bridgehead atoms. The summed E-state index contributed by atoms with van der Waals surface area (Å²) in [5.74, 6) is 1.12. The van der Waals surface area contributed by atoms with Crippen LogP contribution in [-0.2, 0) is 11.2 Å². The molecule has 4 heteroatoms. The van der Waals surface area contributed by atoms with Crippen molar-refractivity contribution in [2.75, 3.05) is 26.7 Å². The van der Waals surface area contributed by atoms with Crippen LogP contribution in [0.5, 0.6) is 0 Å². The summed E-state index contributed by atoms with van der Waals surface area (Å²) in [5, 5.41) is 3.10. The smallest absolute Gasteiger partial charge is 0.222 e. The van der Waals surface area contributed by atoms with Crippen LogP contribution in [-0.4, -0.2) is 37.5 Å². The third-order valence-corrected chi connectivity index (χ3v) is 4.75. The summed E-state index contributed by atoms with van der Waals surface area (Å²) < 4.78 is 0. The Labute approximate surface area is 147 Å². The van der Waals surface area contributed by atoms with Crippen LogP contribution >= 0.6 is 12.4 Å². The highest BCUT2D eigenvalue weighted by atomic mass is 35.5. The standard InChI is InChI=1S/C19H30N2O.ClH/c1-16-5-7-17(8-6-16)9-10-18-11-14-21(15-12-18)19(22)4-3-13-20-2;/h5-8,18,20H,3-4,9-15H2,1-2H3;1H. The lowest BCUT2D eigenvalue weighted by Crippen LogP contribution is -2.38. The summed E-state index contributed by atoms with van der Waals surface area (Å²) in [4.78, 5) is 14.2. The number of hydrogen-bond donors (Lipinski definition) is 1. The molecule has 0 spiro atoms. The predicted molar refractivity (Wildman–Crippen MR) is 99.2 cm³/mol. The average Bonchev–Trinajstić information content (AvgIpc) is 2.55. The minimum atomic E-state index is 0. The first-order valence-corrected chi connectivity index (χ1v) is 8.67. The molecule has 0 aromatic heterocycles. The van der Waals surface area contributed by atoms with Crippen LogP contribution in [0.3, 0.4) is 0 Å². The Kier molecular flexibility index (Phi) is 9.27. The van der Waals surface area contributed by atoms with E-state index in [0.717, 1.165) is 32.0 Å². The van der Waals surface area contributed by atoms with Gasteiger partial charge in [-0.3, -0.25) is 4.79 Å². The van der Waals surface area contributed by atoms with Gasteiger partial charge >= 0.3 is 0 Å². The first-order chi connectivity index (χ1) is 10.7. The summed E-state index contributed by atoms with van der Waals surface area (Å²) in [6, 6.07) is 8.88. The molecule has 3 nitrogen and oxygen atoms in total. The fraction of sp³-hybridized carbons (Fsp3) is 0.632. The van der Waals surface area contributed by atoms with Gasteiger partial charge in [0.2, 0.25) is 5.91 Å². The fourth-order valence-corrected chi connectivity index (χ4v) is 3.17. The van der Waals surface area contributed by atoms with Gasteiger partial charge in [-0.05, 0) is 64.1 Å². The van der Waals surface area contributed by atoms with E-state index >= 15 is 0 Å². The van der Waals surface area contributed by atoms with Gasteiger partial charge in [-0.15, -0.1) is 12.4 Å². The lowest BCUT2D eigenvalue weighted by molar-refractivity contribution is -0.132. The number of amides is 1. The predicted octanol–water partition coefficient (Wildman–Crippen LogP) is 3.59. The van der Waals surface area contributed by atoms with Crippen LogP contribution < -0.4 is 5.32 Å².